The van der Waals surface area contributed by atoms with Crippen LogP contribution in [0, 0.1) is 0 Å². The topological polar surface area (TPSA) is 73.3 Å². The van der Waals surface area contributed by atoms with Gasteiger partial charge in [-0.2, -0.15) is 0 Å². The number of rotatable bonds is 10. The minimum absolute atomic E-state index is 0.0644. The summed E-state index contributed by atoms with van der Waals surface area (Å²) in [6, 6.07) is 21.5. The van der Waals surface area contributed by atoms with Gasteiger partial charge < -0.3 is 19.6 Å². The van der Waals surface area contributed by atoms with Crippen molar-refractivity contribution < 1.29 is 19.4 Å². The number of ketones is 1. The number of Topliss-reactive ketones (excluding diaryl/α,β-unsaturated/α-hetero) is 1. The van der Waals surface area contributed by atoms with E-state index < -0.39 is 17.7 Å². The number of hydrogen-bond acceptors (Lipinski definition) is 6. The highest BCUT2D eigenvalue weighted by molar-refractivity contribution is 6.51. The third-order valence-corrected chi connectivity index (χ3v) is 7.03. The van der Waals surface area contributed by atoms with E-state index in [0.717, 1.165) is 36.4 Å². The number of hydrogen-bond donors (Lipinski definition) is 1. The molecule has 7 nitrogen and oxygen atoms in total. The van der Waals surface area contributed by atoms with E-state index in [1.807, 2.05) is 74.4 Å². The third kappa shape index (κ3) is 5.62. The van der Waals surface area contributed by atoms with Crippen LogP contribution < -0.4 is 19.4 Å². The molecule has 0 aromatic heterocycles. The number of carbonyl (C=O) groups excluding carboxylic acids is 2. The summed E-state index contributed by atoms with van der Waals surface area (Å²) in [5, 5.41) is 11.4. The Bertz CT molecular complexity index is 1330. The molecule has 204 valence electrons. The maximum absolute atomic E-state index is 13.5. The van der Waals surface area contributed by atoms with Crippen molar-refractivity contribution in [1.82, 2.24) is 0 Å². The van der Waals surface area contributed by atoms with Gasteiger partial charge in [0.2, 0.25) is 0 Å². The molecule has 1 atom stereocenters. The van der Waals surface area contributed by atoms with Crippen LogP contribution in [-0.4, -0.2) is 50.6 Å². The van der Waals surface area contributed by atoms with Crippen LogP contribution in [0.2, 0.25) is 0 Å². The Morgan fingerprint density at radius 3 is 1.97 bits per heavy atom. The molecule has 1 unspecified atom stereocenters. The molecule has 0 saturated carbocycles. The smallest absolute Gasteiger partial charge is 0.300 e. The lowest BCUT2D eigenvalue weighted by Gasteiger charge is -2.27. The van der Waals surface area contributed by atoms with Crippen LogP contribution in [0.4, 0.5) is 17.1 Å². The number of aliphatic hydroxyl groups is 1. The van der Waals surface area contributed by atoms with Crippen LogP contribution in [0.25, 0.3) is 5.76 Å². The van der Waals surface area contributed by atoms with Crippen molar-refractivity contribution in [2.45, 2.75) is 33.2 Å². The van der Waals surface area contributed by atoms with E-state index in [0.29, 0.717) is 23.6 Å². The number of benzene rings is 3. The van der Waals surface area contributed by atoms with Crippen LogP contribution in [0.1, 0.15) is 44.4 Å². The van der Waals surface area contributed by atoms with Crippen molar-refractivity contribution in [3.63, 3.8) is 0 Å². The Morgan fingerprint density at radius 2 is 1.44 bits per heavy atom. The fourth-order valence-electron chi connectivity index (χ4n) is 4.87. The van der Waals surface area contributed by atoms with Crippen molar-refractivity contribution in [1.29, 1.82) is 0 Å². The van der Waals surface area contributed by atoms with Crippen molar-refractivity contribution in [3.05, 3.63) is 89.5 Å². The van der Waals surface area contributed by atoms with Gasteiger partial charge in [-0.05, 0) is 86.5 Å². The molecule has 3 aromatic rings. The number of carbonyl (C=O) groups is 2. The molecule has 0 bridgehead atoms. The molecule has 1 fully saturated rings. The molecule has 1 aliphatic rings. The van der Waals surface area contributed by atoms with Crippen LogP contribution in [-0.2, 0) is 9.59 Å². The highest BCUT2D eigenvalue weighted by Gasteiger charge is 2.47. The van der Waals surface area contributed by atoms with Crippen LogP contribution >= 0.6 is 0 Å². The second kappa shape index (κ2) is 12.1. The summed E-state index contributed by atoms with van der Waals surface area (Å²) < 4.78 is 5.66. The number of amides is 1. The predicted molar refractivity (Wildman–Crippen MR) is 158 cm³/mol. The molecule has 7 heteroatoms. The summed E-state index contributed by atoms with van der Waals surface area (Å²) in [7, 11) is 3.88. The van der Waals surface area contributed by atoms with Gasteiger partial charge in [-0.25, -0.2) is 0 Å². The van der Waals surface area contributed by atoms with E-state index in [9.17, 15) is 14.7 Å². The Hall–Kier alpha value is -4.26. The van der Waals surface area contributed by atoms with E-state index in [-0.39, 0.29) is 11.3 Å². The molecule has 1 saturated heterocycles. The first-order valence-electron chi connectivity index (χ1n) is 13.5. The summed E-state index contributed by atoms with van der Waals surface area (Å²) in [5.41, 5.74) is 3.87. The zero-order valence-corrected chi connectivity index (χ0v) is 23.3. The van der Waals surface area contributed by atoms with Crippen LogP contribution in [0.15, 0.2) is 78.4 Å². The molecule has 0 spiro atoms. The molecule has 1 aliphatic heterocycles. The quantitative estimate of drug-likeness (QED) is 0.198. The molecule has 1 amide bonds. The summed E-state index contributed by atoms with van der Waals surface area (Å²) in [5.74, 6) is -0.915. The predicted octanol–water partition coefficient (Wildman–Crippen LogP) is 6.01. The maximum atomic E-state index is 13.5. The van der Waals surface area contributed by atoms with E-state index in [1.165, 1.54) is 4.90 Å². The fraction of sp³-hybridized carbons (Fsp3) is 0.312. The minimum Gasteiger partial charge on any atom is -0.507 e. The third-order valence-electron chi connectivity index (χ3n) is 7.03. The zero-order chi connectivity index (χ0) is 28.1. The van der Waals surface area contributed by atoms with Gasteiger partial charge in [-0.15, -0.1) is 0 Å². The Balaban J connectivity index is 1.83. The molecule has 39 heavy (non-hydrogen) atoms. The largest absolute Gasteiger partial charge is 0.507 e. The van der Waals surface area contributed by atoms with E-state index >= 15 is 0 Å². The zero-order valence-electron chi connectivity index (χ0n) is 23.3. The first kappa shape index (κ1) is 27.8. The number of anilines is 3. The van der Waals surface area contributed by atoms with Gasteiger partial charge in [0, 0.05) is 49.8 Å². The van der Waals surface area contributed by atoms with Gasteiger partial charge in [-0.3, -0.25) is 14.5 Å². The summed E-state index contributed by atoms with van der Waals surface area (Å²) in [6.07, 6.45) is 0.883. The standard InChI is InChI=1S/C32H37N3O4/c1-6-21-39-27-19-11-23(12-20-27)30(36)28-29(22-9-13-25(14-10-22)34(7-2)8-3)35(32(38)31(28)37)26-17-15-24(16-18-26)33(4)5/h9-20,29,36H,6-8,21H2,1-5H3/b30-28+. The Labute approximate surface area is 230 Å². The van der Waals surface area contributed by atoms with Crippen molar-refractivity contribution in [3.8, 4) is 5.75 Å². The van der Waals surface area contributed by atoms with Gasteiger partial charge in [0.25, 0.3) is 11.7 Å². The molecular weight excluding hydrogens is 490 g/mol. The molecule has 4 rings (SSSR count). The van der Waals surface area contributed by atoms with Gasteiger partial charge in [-0.1, -0.05) is 19.1 Å². The molecule has 1 N–H and O–H groups in total. The van der Waals surface area contributed by atoms with E-state index in [1.54, 1.807) is 24.3 Å². The lowest BCUT2D eigenvalue weighted by Crippen LogP contribution is -2.29. The molecule has 0 aliphatic carbocycles. The average Bonchev–Trinajstić information content (AvgIpc) is 3.22. The van der Waals surface area contributed by atoms with E-state index in [2.05, 4.69) is 18.7 Å². The lowest BCUT2D eigenvalue weighted by molar-refractivity contribution is -0.132. The minimum atomic E-state index is -0.781. The van der Waals surface area contributed by atoms with Crippen molar-refractivity contribution in [2.75, 3.05) is 48.5 Å². The van der Waals surface area contributed by atoms with Crippen molar-refractivity contribution >= 4 is 34.5 Å². The molecule has 1 heterocycles. The van der Waals surface area contributed by atoms with Gasteiger partial charge >= 0.3 is 0 Å². The van der Waals surface area contributed by atoms with E-state index in [4.69, 9.17) is 4.74 Å². The molecule has 3 aromatic carbocycles. The van der Waals surface area contributed by atoms with Gasteiger partial charge in [0.15, 0.2) is 0 Å². The van der Waals surface area contributed by atoms with Crippen molar-refractivity contribution in [2.24, 2.45) is 0 Å². The molecule has 0 radical (unpaired) electrons. The number of nitrogens with zero attached hydrogens (tertiary/aromatic N) is 3. The van der Waals surface area contributed by atoms with Crippen LogP contribution in [0.3, 0.4) is 0 Å². The summed E-state index contributed by atoms with van der Waals surface area (Å²) in [6.45, 7) is 8.55. The summed E-state index contributed by atoms with van der Waals surface area (Å²) >= 11 is 0. The Kier molecular flexibility index (Phi) is 8.59. The number of ether oxygens (including phenoxy) is 1. The summed E-state index contributed by atoms with van der Waals surface area (Å²) in [4.78, 5) is 32.7. The lowest BCUT2D eigenvalue weighted by atomic mass is 9.94. The fourth-order valence-corrected chi connectivity index (χ4v) is 4.87. The molecular formula is C32H37N3O4. The van der Waals surface area contributed by atoms with Crippen LogP contribution in [0.5, 0.6) is 5.75 Å². The first-order chi connectivity index (χ1) is 18.8. The second-order valence-corrected chi connectivity index (χ2v) is 9.72. The second-order valence-electron chi connectivity index (χ2n) is 9.72. The van der Waals surface area contributed by atoms with Gasteiger partial charge in [0.05, 0.1) is 18.2 Å². The first-order valence-corrected chi connectivity index (χ1v) is 13.5. The average molecular weight is 528 g/mol. The Morgan fingerprint density at radius 1 is 0.846 bits per heavy atom. The normalized spacial score (nSPS) is 16.4. The SMILES string of the molecule is CCCOc1ccc(/C(O)=C2\C(=O)C(=O)N(c3ccc(N(C)C)cc3)C2c2ccc(N(CC)CC)cc2)cc1. The maximum Gasteiger partial charge on any atom is 0.300 e. The highest BCUT2D eigenvalue weighted by atomic mass is 16.5. The number of aliphatic hydroxyl groups excluding tert-OH is 1. The van der Waals surface area contributed by atoms with Gasteiger partial charge in [0.1, 0.15) is 11.5 Å². The monoisotopic (exact) mass is 527 g/mol. The highest BCUT2D eigenvalue weighted by Crippen LogP contribution is 2.43.